The lowest BCUT2D eigenvalue weighted by atomic mass is 9.96. The van der Waals surface area contributed by atoms with E-state index >= 15 is 0 Å². The zero-order valence-electron chi connectivity index (χ0n) is 12.0. The Kier molecular flexibility index (Phi) is 5.43. The van der Waals surface area contributed by atoms with Crippen LogP contribution >= 0.6 is 15.9 Å². The molecule has 0 bridgehead atoms. The minimum Gasteiger partial charge on any atom is -0.326 e. The molecule has 0 amide bonds. The number of benzene rings is 1. The molecular formula is C16H25BrN2. The van der Waals surface area contributed by atoms with Crippen molar-refractivity contribution in [3.8, 4) is 0 Å². The van der Waals surface area contributed by atoms with Crippen LogP contribution in [0.25, 0.3) is 0 Å². The van der Waals surface area contributed by atoms with E-state index in [1.165, 1.54) is 29.4 Å². The van der Waals surface area contributed by atoms with E-state index in [1.807, 2.05) is 0 Å². The minimum atomic E-state index is 0.192. The maximum absolute atomic E-state index is 6.43. The van der Waals surface area contributed by atoms with Gasteiger partial charge in [0.1, 0.15) is 0 Å². The van der Waals surface area contributed by atoms with E-state index < -0.39 is 0 Å². The Morgan fingerprint density at radius 1 is 1.32 bits per heavy atom. The van der Waals surface area contributed by atoms with Gasteiger partial charge in [0.15, 0.2) is 0 Å². The van der Waals surface area contributed by atoms with Crippen molar-refractivity contribution in [3.05, 3.63) is 34.3 Å². The van der Waals surface area contributed by atoms with Crippen LogP contribution in [0.2, 0.25) is 0 Å². The Morgan fingerprint density at radius 3 is 2.53 bits per heavy atom. The van der Waals surface area contributed by atoms with Crippen LogP contribution < -0.4 is 5.73 Å². The molecule has 1 aliphatic carbocycles. The first-order chi connectivity index (χ1) is 9.17. The van der Waals surface area contributed by atoms with E-state index in [2.05, 4.69) is 58.9 Å². The Hall–Kier alpha value is -0.380. The van der Waals surface area contributed by atoms with E-state index in [9.17, 15) is 0 Å². The normalized spacial score (nSPS) is 18.6. The lowest BCUT2D eigenvalue weighted by Crippen LogP contribution is -2.42. The van der Waals surface area contributed by atoms with Crippen LogP contribution in [0.4, 0.5) is 0 Å². The Bertz CT molecular complexity index is 403. The molecule has 2 N–H and O–H groups in total. The van der Waals surface area contributed by atoms with E-state index in [-0.39, 0.29) is 6.04 Å². The van der Waals surface area contributed by atoms with Gasteiger partial charge in [-0.2, -0.15) is 0 Å². The fourth-order valence-corrected chi connectivity index (χ4v) is 3.23. The summed E-state index contributed by atoms with van der Waals surface area (Å²) in [6.07, 6.45) is 3.79. The molecule has 2 atom stereocenters. The molecular weight excluding hydrogens is 300 g/mol. The maximum atomic E-state index is 6.43. The van der Waals surface area contributed by atoms with Crippen molar-refractivity contribution < 1.29 is 0 Å². The van der Waals surface area contributed by atoms with Crippen LogP contribution in [-0.2, 0) is 0 Å². The quantitative estimate of drug-likeness (QED) is 0.822. The smallest absolute Gasteiger partial charge is 0.0510 e. The van der Waals surface area contributed by atoms with Crippen LogP contribution in [0.5, 0.6) is 0 Å². The largest absolute Gasteiger partial charge is 0.326 e. The molecule has 19 heavy (non-hydrogen) atoms. The summed E-state index contributed by atoms with van der Waals surface area (Å²) in [5, 5.41) is 0. The first kappa shape index (κ1) is 15.0. The topological polar surface area (TPSA) is 29.3 Å². The summed E-state index contributed by atoms with van der Waals surface area (Å²) < 4.78 is 1.18. The highest BCUT2D eigenvalue weighted by Crippen LogP contribution is 2.36. The third-order valence-corrected chi connectivity index (χ3v) is 4.81. The van der Waals surface area contributed by atoms with Crippen molar-refractivity contribution in [3.63, 3.8) is 0 Å². The highest BCUT2D eigenvalue weighted by Gasteiger charge is 2.31. The molecule has 0 heterocycles. The van der Waals surface area contributed by atoms with Gasteiger partial charge in [-0.1, -0.05) is 48.0 Å². The van der Waals surface area contributed by atoms with Crippen LogP contribution in [0.1, 0.15) is 44.7 Å². The van der Waals surface area contributed by atoms with E-state index in [4.69, 9.17) is 5.73 Å². The predicted molar refractivity (Wildman–Crippen MR) is 85.1 cm³/mol. The molecule has 0 aliphatic heterocycles. The average Bonchev–Trinajstić information content (AvgIpc) is 3.23. The number of nitrogens with two attached hydrogens (primary N) is 1. The average molecular weight is 325 g/mol. The summed E-state index contributed by atoms with van der Waals surface area (Å²) in [6, 6.07) is 9.03. The van der Waals surface area contributed by atoms with Gasteiger partial charge in [-0.05, 0) is 43.4 Å². The molecule has 1 fully saturated rings. The van der Waals surface area contributed by atoms with E-state index in [0.29, 0.717) is 6.04 Å². The summed E-state index contributed by atoms with van der Waals surface area (Å²) in [7, 11) is 0. The molecule has 0 saturated heterocycles. The van der Waals surface area contributed by atoms with Crippen molar-refractivity contribution in [2.24, 2.45) is 11.7 Å². The van der Waals surface area contributed by atoms with Gasteiger partial charge >= 0.3 is 0 Å². The molecule has 0 radical (unpaired) electrons. The predicted octanol–water partition coefficient (Wildman–Crippen LogP) is 3.96. The Morgan fingerprint density at radius 2 is 2.00 bits per heavy atom. The summed E-state index contributed by atoms with van der Waals surface area (Å²) in [4.78, 5) is 2.56. The van der Waals surface area contributed by atoms with Gasteiger partial charge in [0.2, 0.25) is 0 Å². The molecule has 2 rings (SSSR count). The van der Waals surface area contributed by atoms with Gasteiger partial charge in [0.25, 0.3) is 0 Å². The monoisotopic (exact) mass is 324 g/mol. The van der Waals surface area contributed by atoms with Crippen molar-refractivity contribution in [2.75, 3.05) is 13.1 Å². The van der Waals surface area contributed by atoms with Gasteiger partial charge in [-0.15, -0.1) is 0 Å². The fraction of sp³-hybridized carbons (Fsp3) is 0.625. The molecule has 2 unspecified atom stereocenters. The second-order valence-electron chi connectivity index (χ2n) is 5.57. The molecule has 106 valence electrons. The number of rotatable bonds is 7. The third kappa shape index (κ3) is 3.80. The lowest BCUT2D eigenvalue weighted by Gasteiger charge is -2.35. The van der Waals surface area contributed by atoms with Gasteiger partial charge in [0.05, 0.1) is 6.04 Å². The Labute approximate surface area is 125 Å². The van der Waals surface area contributed by atoms with Crippen molar-refractivity contribution in [1.82, 2.24) is 4.90 Å². The van der Waals surface area contributed by atoms with Crippen molar-refractivity contribution >= 4 is 15.9 Å². The number of likely N-dealkylation sites (N-methyl/N-ethyl adjacent to an activating group) is 1. The molecule has 3 heteroatoms. The van der Waals surface area contributed by atoms with Crippen LogP contribution in [-0.4, -0.2) is 24.0 Å². The van der Waals surface area contributed by atoms with Crippen LogP contribution in [0, 0.1) is 5.92 Å². The Balaban J connectivity index is 2.25. The molecule has 0 aromatic heterocycles. The summed E-state index contributed by atoms with van der Waals surface area (Å²) in [6.45, 7) is 6.68. The lowest BCUT2D eigenvalue weighted by molar-refractivity contribution is 0.170. The standard InChI is InChI=1S/C16H25BrN2/c1-3-15(18)16(13-7-5-6-8-14(13)17)19(4-2)11-12-9-10-12/h5-8,12,15-16H,3-4,9-11,18H2,1-2H3. The summed E-state index contributed by atoms with van der Waals surface area (Å²) in [5.74, 6) is 0.897. The number of nitrogens with zero attached hydrogens (tertiary/aromatic N) is 1. The van der Waals surface area contributed by atoms with Crippen molar-refractivity contribution in [1.29, 1.82) is 0 Å². The van der Waals surface area contributed by atoms with Crippen molar-refractivity contribution in [2.45, 2.75) is 45.2 Å². The SMILES string of the molecule is CCC(N)C(c1ccccc1Br)N(CC)CC1CC1. The zero-order chi connectivity index (χ0) is 13.8. The minimum absolute atomic E-state index is 0.192. The highest BCUT2D eigenvalue weighted by molar-refractivity contribution is 9.10. The van der Waals surface area contributed by atoms with Gasteiger partial charge in [0, 0.05) is 17.1 Å². The third-order valence-electron chi connectivity index (χ3n) is 4.09. The number of hydrogen-bond acceptors (Lipinski definition) is 2. The van der Waals surface area contributed by atoms with E-state index in [1.54, 1.807) is 0 Å². The number of halogens is 1. The molecule has 1 aromatic carbocycles. The molecule has 1 aliphatic rings. The number of hydrogen-bond donors (Lipinski definition) is 1. The maximum Gasteiger partial charge on any atom is 0.0510 e. The highest BCUT2D eigenvalue weighted by atomic mass is 79.9. The summed E-state index contributed by atoms with van der Waals surface area (Å²) >= 11 is 3.69. The molecule has 1 saturated carbocycles. The van der Waals surface area contributed by atoms with Gasteiger partial charge in [-0.3, -0.25) is 4.90 Å². The van der Waals surface area contributed by atoms with Crippen LogP contribution in [0.15, 0.2) is 28.7 Å². The van der Waals surface area contributed by atoms with Gasteiger partial charge in [-0.25, -0.2) is 0 Å². The fourth-order valence-electron chi connectivity index (χ4n) is 2.71. The second kappa shape index (κ2) is 6.87. The first-order valence-electron chi connectivity index (χ1n) is 7.41. The second-order valence-corrected chi connectivity index (χ2v) is 6.42. The zero-order valence-corrected chi connectivity index (χ0v) is 13.6. The first-order valence-corrected chi connectivity index (χ1v) is 8.20. The molecule has 0 spiro atoms. The van der Waals surface area contributed by atoms with Gasteiger partial charge < -0.3 is 5.73 Å². The molecule has 2 nitrogen and oxygen atoms in total. The van der Waals surface area contributed by atoms with Crippen LogP contribution in [0.3, 0.4) is 0 Å². The summed E-state index contributed by atoms with van der Waals surface area (Å²) in [5.41, 5.74) is 7.76. The van der Waals surface area contributed by atoms with E-state index in [0.717, 1.165) is 18.9 Å². The molecule has 1 aromatic rings.